The Labute approximate surface area is 226 Å². The number of benzene rings is 1. The molecule has 2 aromatic rings. The maximum absolute atomic E-state index is 13.5. The fourth-order valence-electron chi connectivity index (χ4n) is 4.43. The van der Waals surface area contributed by atoms with Crippen molar-refractivity contribution in [1.82, 2.24) is 20.5 Å². The Kier molecular flexibility index (Phi) is 10.4. The summed E-state index contributed by atoms with van der Waals surface area (Å²) in [6.45, 7) is 12.9. The number of hydrogen-bond donors (Lipinski definition) is 2. The number of hydrogen-bond acceptors (Lipinski definition) is 5. The van der Waals surface area contributed by atoms with Crippen LogP contribution in [0.5, 0.6) is 0 Å². The molecule has 2 heterocycles. The molecule has 1 aromatic heterocycles. The van der Waals surface area contributed by atoms with E-state index in [4.69, 9.17) is 4.98 Å². The molecule has 2 N–H and O–H groups in total. The van der Waals surface area contributed by atoms with E-state index >= 15 is 0 Å². The van der Waals surface area contributed by atoms with Gasteiger partial charge in [-0.2, -0.15) is 0 Å². The van der Waals surface area contributed by atoms with E-state index < -0.39 is 6.04 Å². The first-order valence-electron chi connectivity index (χ1n) is 13.4. The van der Waals surface area contributed by atoms with Crippen molar-refractivity contribution in [2.24, 2.45) is 0 Å². The van der Waals surface area contributed by atoms with Gasteiger partial charge in [0.1, 0.15) is 11.9 Å². The van der Waals surface area contributed by atoms with Crippen molar-refractivity contribution in [2.45, 2.75) is 57.9 Å². The molecule has 204 valence electrons. The highest BCUT2D eigenvalue weighted by Crippen LogP contribution is 2.23. The standard InChI is InChI=1S/C30H41N5O3/c1-5-27(36)31-17-10-9-14-24(32-28(37)22-23-12-7-6-8-13-23)29(38)35-20-18-34(19-21-35)26-16-11-15-25(33-26)30(2,3)4/h5-8,11-13,15-16,24H,1,9-10,14,17-22H2,2-4H3,(H,31,36)(H,32,37)/t24-/m0/s1. The zero-order valence-corrected chi connectivity index (χ0v) is 22.9. The Morgan fingerprint density at radius 2 is 1.71 bits per heavy atom. The number of carbonyl (C=O) groups excluding carboxylic acids is 3. The molecule has 0 aliphatic carbocycles. The number of rotatable bonds is 11. The lowest BCUT2D eigenvalue weighted by molar-refractivity contribution is -0.136. The van der Waals surface area contributed by atoms with Crippen LogP contribution in [0.2, 0.25) is 0 Å². The van der Waals surface area contributed by atoms with Crippen molar-refractivity contribution in [3.8, 4) is 0 Å². The quantitative estimate of drug-likeness (QED) is 0.351. The number of nitrogens with zero attached hydrogens (tertiary/aromatic N) is 3. The summed E-state index contributed by atoms with van der Waals surface area (Å²) in [7, 11) is 0. The van der Waals surface area contributed by atoms with Gasteiger partial charge in [0.2, 0.25) is 17.7 Å². The summed E-state index contributed by atoms with van der Waals surface area (Å²) >= 11 is 0. The summed E-state index contributed by atoms with van der Waals surface area (Å²) in [5, 5.41) is 5.74. The average Bonchev–Trinajstić information content (AvgIpc) is 2.92. The lowest BCUT2D eigenvalue weighted by Gasteiger charge is -2.37. The van der Waals surface area contributed by atoms with Gasteiger partial charge in [-0.1, -0.05) is 63.7 Å². The van der Waals surface area contributed by atoms with E-state index in [9.17, 15) is 14.4 Å². The second-order valence-electron chi connectivity index (χ2n) is 10.7. The van der Waals surface area contributed by atoms with Gasteiger partial charge in [-0.15, -0.1) is 0 Å². The zero-order chi connectivity index (χ0) is 27.5. The molecule has 3 rings (SSSR count). The summed E-state index contributed by atoms with van der Waals surface area (Å²) < 4.78 is 0. The first-order chi connectivity index (χ1) is 18.2. The van der Waals surface area contributed by atoms with Gasteiger partial charge in [0.25, 0.3) is 0 Å². The topological polar surface area (TPSA) is 94.6 Å². The van der Waals surface area contributed by atoms with Crippen LogP contribution in [0.15, 0.2) is 61.2 Å². The first-order valence-corrected chi connectivity index (χ1v) is 13.4. The minimum atomic E-state index is -0.602. The second-order valence-corrected chi connectivity index (χ2v) is 10.7. The van der Waals surface area contributed by atoms with Crippen molar-refractivity contribution in [3.63, 3.8) is 0 Å². The van der Waals surface area contributed by atoms with E-state index in [1.807, 2.05) is 47.4 Å². The molecule has 0 spiro atoms. The Bertz CT molecular complexity index is 1090. The van der Waals surface area contributed by atoms with Crippen LogP contribution in [0.3, 0.4) is 0 Å². The molecule has 1 fully saturated rings. The largest absolute Gasteiger partial charge is 0.353 e. The maximum atomic E-state index is 13.5. The number of piperazine rings is 1. The van der Waals surface area contributed by atoms with Gasteiger partial charge in [-0.25, -0.2) is 4.98 Å². The monoisotopic (exact) mass is 519 g/mol. The van der Waals surface area contributed by atoms with Crippen molar-refractivity contribution < 1.29 is 14.4 Å². The van der Waals surface area contributed by atoms with E-state index in [1.165, 1.54) is 6.08 Å². The summed E-state index contributed by atoms with van der Waals surface area (Å²) in [4.78, 5) is 46.6. The van der Waals surface area contributed by atoms with Gasteiger partial charge in [-0.3, -0.25) is 14.4 Å². The Morgan fingerprint density at radius 3 is 2.37 bits per heavy atom. The van der Waals surface area contributed by atoms with Crippen LogP contribution in [0.1, 0.15) is 51.3 Å². The van der Waals surface area contributed by atoms with Crippen molar-refractivity contribution in [2.75, 3.05) is 37.6 Å². The molecule has 1 saturated heterocycles. The molecule has 1 aromatic carbocycles. The minimum Gasteiger partial charge on any atom is -0.353 e. The third-order valence-electron chi connectivity index (χ3n) is 6.66. The molecule has 0 unspecified atom stereocenters. The molecule has 3 amide bonds. The Balaban J connectivity index is 1.60. The molecular weight excluding hydrogens is 478 g/mol. The highest BCUT2D eigenvalue weighted by atomic mass is 16.2. The third-order valence-corrected chi connectivity index (χ3v) is 6.66. The minimum absolute atomic E-state index is 0.0343. The molecule has 0 radical (unpaired) electrons. The van der Waals surface area contributed by atoms with E-state index in [0.717, 1.165) is 17.1 Å². The van der Waals surface area contributed by atoms with E-state index in [2.05, 4.69) is 49.0 Å². The van der Waals surface area contributed by atoms with E-state index in [-0.39, 0.29) is 29.6 Å². The van der Waals surface area contributed by atoms with Gasteiger partial charge in [0.05, 0.1) is 6.42 Å². The van der Waals surface area contributed by atoms with Crippen LogP contribution in [0.4, 0.5) is 5.82 Å². The molecule has 8 nitrogen and oxygen atoms in total. The van der Waals surface area contributed by atoms with Crippen LogP contribution in [-0.4, -0.2) is 66.4 Å². The van der Waals surface area contributed by atoms with Crippen molar-refractivity contribution >= 4 is 23.5 Å². The highest BCUT2D eigenvalue weighted by Gasteiger charge is 2.29. The van der Waals surface area contributed by atoms with Crippen LogP contribution >= 0.6 is 0 Å². The van der Waals surface area contributed by atoms with Gasteiger partial charge >= 0.3 is 0 Å². The fourth-order valence-corrected chi connectivity index (χ4v) is 4.43. The van der Waals surface area contributed by atoms with E-state index in [1.54, 1.807) is 0 Å². The average molecular weight is 520 g/mol. The number of aromatic nitrogens is 1. The smallest absolute Gasteiger partial charge is 0.245 e. The normalized spacial score (nSPS) is 14.5. The molecule has 0 bridgehead atoms. The fraction of sp³-hybridized carbons (Fsp3) is 0.467. The summed E-state index contributed by atoms with van der Waals surface area (Å²) in [6.07, 6.45) is 3.39. The maximum Gasteiger partial charge on any atom is 0.245 e. The van der Waals surface area contributed by atoms with Gasteiger partial charge < -0.3 is 20.4 Å². The Morgan fingerprint density at radius 1 is 1.00 bits per heavy atom. The van der Waals surface area contributed by atoms with Crippen LogP contribution < -0.4 is 15.5 Å². The van der Waals surface area contributed by atoms with Crippen molar-refractivity contribution in [1.29, 1.82) is 0 Å². The van der Waals surface area contributed by atoms with Gasteiger partial charge in [0.15, 0.2) is 0 Å². The van der Waals surface area contributed by atoms with E-state index in [0.29, 0.717) is 52.0 Å². The summed E-state index contributed by atoms with van der Waals surface area (Å²) in [5.74, 6) is 0.488. The molecule has 8 heteroatoms. The zero-order valence-electron chi connectivity index (χ0n) is 22.9. The number of unbranched alkanes of at least 4 members (excludes halogenated alkanes) is 1. The summed E-state index contributed by atoms with van der Waals surface area (Å²) in [6, 6.07) is 15.0. The van der Waals surface area contributed by atoms with Gasteiger partial charge in [0, 0.05) is 43.8 Å². The Hall–Kier alpha value is -3.68. The van der Waals surface area contributed by atoms with Crippen LogP contribution in [-0.2, 0) is 26.2 Å². The number of amides is 3. The predicted molar refractivity (Wildman–Crippen MR) is 151 cm³/mol. The molecule has 1 atom stereocenters. The molecule has 38 heavy (non-hydrogen) atoms. The number of anilines is 1. The second kappa shape index (κ2) is 13.7. The molecule has 0 saturated carbocycles. The molecule has 1 aliphatic rings. The molecular formula is C30H41N5O3. The van der Waals surface area contributed by atoms with Gasteiger partial charge in [-0.05, 0) is 43.0 Å². The molecule has 1 aliphatic heterocycles. The lowest BCUT2D eigenvalue weighted by atomic mass is 9.92. The number of carbonyl (C=O) groups is 3. The van der Waals surface area contributed by atoms with Crippen molar-refractivity contribution in [3.05, 3.63) is 72.4 Å². The number of pyridine rings is 1. The first kappa shape index (κ1) is 28.9. The number of nitrogens with one attached hydrogen (secondary N) is 2. The predicted octanol–water partition coefficient (Wildman–Crippen LogP) is 3.23. The van der Waals surface area contributed by atoms with Crippen LogP contribution in [0, 0.1) is 0 Å². The third kappa shape index (κ3) is 8.71. The lowest BCUT2D eigenvalue weighted by Crippen LogP contribution is -2.55. The SMILES string of the molecule is C=CC(=O)NCCCC[C@H](NC(=O)Cc1ccccc1)C(=O)N1CCN(c2cccc(C(C)(C)C)n2)CC1. The van der Waals surface area contributed by atoms with Crippen LogP contribution in [0.25, 0.3) is 0 Å². The summed E-state index contributed by atoms with van der Waals surface area (Å²) in [5.41, 5.74) is 1.91. The highest BCUT2D eigenvalue weighted by molar-refractivity contribution is 5.88.